The quantitative estimate of drug-likeness (QED) is 0.588. The summed E-state index contributed by atoms with van der Waals surface area (Å²) in [5.41, 5.74) is 1.99. The average Bonchev–Trinajstić information content (AvgIpc) is 2.38. The zero-order valence-corrected chi connectivity index (χ0v) is 11.2. The highest BCUT2D eigenvalue weighted by Gasteiger charge is 2.06. The summed E-state index contributed by atoms with van der Waals surface area (Å²) in [5.74, 6) is 0.915. The first-order chi connectivity index (χ1) is 8.66. The molecule has 0 atom stereocenters. The van der Waals surface area contributed by atoms with Gasteiger partial charge in [0.05, 0.1) is 5.69 Å². The third-order valence-corrected chi connectivity index (χ3v) is 2.77. The lowest BCUT2D eigenvalue weighted by atomic mass is 10.2. The number of nitrogens with zero attached hydrogens (tertiary/aromatic N) is 2. The number of hydrogen-bond acceptors (Lipinski definition) is 1. The monoisotopic (exact) mass is 258 g/mol. The standard InChI is InChI=1S/C15H15ClN2/c1-18(2)15(12-8-10-13(16)11-9-12)17-14-6-4-3-5-7-14/h3-11H,1-2H3. The van der Waals surface area contributed by atoms with Crippen LogP contribution in [0.25, 0.3) is 0 Å². The van der Waals surface area contributed by atoms with Crippen molar-refractivity contribution in [2.45, 2.75) is 0 Å². The summed E-state index contributed by atoms with van der Waals surface area (Å²) in [6.07, 6.45) is 0. The smallest absolute Gasteiger partial charge is 0.136 e. The van der Waals surface area contributed by atoms with Crippen molar-refractivity contribution >= 4 is 23.1 Å². The molecule has 0 saturated heterocycles. The fraction of sp³-hybridized carbons (Fsp3) is 0.133. The van der Waals surface area contributed by atoms with Gasteiger partial charge < -0.3 is 4.90 Å². The summed E-state index contributed by atoms with van der Waals surface area (Å²) in [7, 11) is 3.97. The van der Waals surface area contributed by atoms with Crippen LogP contribution in [-0.4, -0.2) is 24.8 Å². The highest BCUT2D eigenvalue weighted by molar-refractivity contribution is 6.30. The zero-order valence-electron chi connectivity index (χ0n) is 10.5. The molecule has 2 aromatic rings. The molecule has 0 spiro atoms. The van der Waals surface area contributed by atoms with Crippen LogP contribution >= 0.6 is 11.6 Å². The van der Waals surface area contributed by atoms with Crippen molar-refractivity contribution in [1.82, 2.24) is 4.90 Å². The molecule has 2 rings (SSSR count). The molecule has 18 heavy (non-hydrogen) atoms. The molecule has 0 unspecified atom stereocenters. The lowest BCUT2D eigenvalue weighted by molar-refractivity contribution is 0.624. The Morgan fingerprint density at radius 2 is 1.56 bits per heavy atom. The molecule has 0 aliphatic carbocycles. The van der Waals surface area contributed by atoms with Gasteiger partial charge in [0, 0.05) is 24.7 Å². The predicted molar refractivity (Wildman–Crippen MR) is 77.8 cm³/mol. The van der Waals surface area contributed by atoms with E-state index in [2.05, 4.69) is 4.99 Å². The maximum Gasteiger partial charge on any atom is 0.136 e. The van der Waals surface area contributed by atoms with Gasteiger partial charge in [0.25, 0.3) is 0 Å². The zero-order chi connectivity index (χ0) is 13.0. The Balaban J connectivity index is 2.40. The summed E-state index contributed by atoms with van der Waals surface area (Å²) in [6.45, 7) is 0. The molecule has 0 aromatic heterocycles. The Hall–Kier alpha value is -1.80. The second kappa shape index (κ2) is 5.69. The Kier molecular flexibility index (Phi) is 4.00. The van der Waals surface area contributed by atoms with E-state index in [1.54, 1.807) is 0 Å². The molecule has 0 saturated carbocycles. The number of rotatable bonds is 2. The number of halogens is 1. The third kappa shape index (κ3) is 3.11. The predicted octanol–water partition coefficient (Wildman–Crippen LogP) is 3.98. The van der Waals surface area contributed by atoms with Gasteiger partial charge in [-0.2, -0.15) is 0 Å². The van der Waals surface area contributed by atoms with Crippen molar-refractivity contribution < 1.29 is 0 Å². The molecule has 0 aliphatic heterocycles. The van der Waals surface area contributed by atoms with Gasteiger partial charge in [-0.05, 0) is 36.4 Å². The maximum atomic E-state index is 5.90. The number of benzene rings is 2. The molecule has 3 heteroatoms. The molecule has 92 valence electrons. The van der Waals surface area contributed by atoms with E-state index >= 15 is 0 Å². The SMILES string of the molecule is CN(C)C(=Nc1ccccc1)c1ccc(Cl)cc1. The molecule has 0 bridgehead atoms. The Bertz CT molecular complexity index is 530. The van der Waals surface area contributed by atoms with Crippen molar-refractivity contribution in [2.75, 3.05) is 14.1 Å². The third-order valence-electron chi connectivity index (χ3n) is 2.52. The maximum absolute atomic E-state index is 5.90. The molecular weight excluding hydrogens is 244 g/mol. The summed E-state index contributed by atoms with van der Waals surface area (Å²) in [5, 5.41) is 0.733. The first-order valence-electron chi connectivity index (χ1n) is 5.74. The Labute approximate surface area is 113 Å². The topological polar surface area (TPSA) is 15.6 Å². The second-order valence-electron chi connectivity index (χ2n) is 4.17. The van der Waals surface area contributed by atoms with Crippen LogP contribution in [0.2, 0.25) is 5.02 Å². The van der Waals surface area contributed by atoms with Crippen LogP contribution in [0.5, 0.6) is 0 Å². The highest BCUT2D eigenvalue weighted by Crippen LogP contribution is 2.16. The molecule has 0 amide bonds. The van der Waals surface area contributed by atoms with Gasteiger partial charge in [-0.3, -0.25) is 0 Å². The minimum absolute atomic E-state index is 0.733. The van der Waals surface area contributed by atoms with E-state index in [4.69, 9.17) is 11.6 Å². The van der Waals surface area contributed by atoms with Gasteiger partial charge >= 0.3 is 0 Å². The number of aliphatic imine (C=N–C) groups is 1. The van der Waals surface area contributed by atoms with Crippen molar-refractivity contribution in [3.8, 4) is 0 Å². The second-order valence-corrected chi connectivity index (χ2v) is 4.61. The summed E-state index contributed by atoms with van der Waals surface area (Å²) in [4.78, 5) is 6.65. The fourth-order valence-electron chi connectivity index (χ4n) is 1.65. The molecule has 0 N–H and O–H groups in total. The van der Waals surface area contributed by atoms with Crippen LogP contribution in [0.1, 0.15) is 5.56 Å². The van der Waals surface area contributed by atoms with Gasteiger partial charge in [-0.15, -0.1) is 0 Å². The van der Waals surface area contributed by atoms with Gasteiger partial charge in [0.15, 0.2) is 0 Å². The Morgan fingerprint density at radius 1 is 0.944 bits per heavy atom. The first-order valence-corrected chi connectivity index (χ1v) is 6.11. The minimum atomic E-state index is 0.733. The summed E-state index contributed by atoms with van der Waals surface area (Å²) in [6, 6.07) is 17.6. The molecule has 0 radical (unpaired) electrons. The van der Waals surface area contributed by atoms with E-state index in [0.29, 0.717) is 0 Å². The van der Waals surface area contributed by atoms with Gasteiger partial charge in [-0.25, -0.2) is 4.99 Å². The minimum Gasteiger partial charge on any atom is -0.362 e. The van der Waals surface area contributed by atoms with E-state index in [1.807, 2.05) is 73.6 Å². The first kappa shape index (κ1) is 12.7. The van der Waals surface area contributed by atoms with Crippen molar-refractivity contribution in [2.24, 2.45) is 4.99 Å². The lowest BCUT2D eigenvalue weighted by Gasteiger charge is -2.16. The molecular formula is C15H15ClN2. The highest BCUT2D eigenvalue weighted by atomic mass is 35.5. The van der Waals surface area contributed by atoms with Crippen molar-refractivity contribution in [3.63, 3.8) is 0 Å². The van der Waals surface area contributed by atoms with Gasteiger partial charge in [-0.1, -0.05) is 29.8 Å². The number of para-hydroxylation sites is 1. The van der Waals surface area contributed by atoms with Crippen LogP contribution in [-0.2, 0) is 0 Å². The van der Waals surface area contributed by atoms with Crippen molar-refractivity contribution in [1.29, 1.82) is 0 Å². The van der Waals surface area contributed by atoms with E-state index in [1.165, 1.54) is 0 Å². The average molecular weight is 259 g/mol. The van der Waals surface area contributed by atoms with Crippen LogP contribution < -0.4 is 0 Å². The Morgan fingerprint density at radius 3 is 2.11 bits per heavy atom. The van der Waals surface area contributed by atoms with E-state index in [-0.39, 0.29) is 0 Å². The summed E-state index contributed by atoms with van der Waals surface area (Å²) < 4.78 is 0. The van der Waals surface area contributed by atoms with Crippen molar-refractivity contribution in [3.05, 3.63) is 65.2 Å². The molecule has 2 nitrogen and oxygen atoms in total. The number of hydrogen-bond donors (Lipinski definition) is 0. The van der Waals surface area contributed by atoms with E-state index in [0.717, 1.165) is 22.1 Å². The fourth-order valence-corrected chi connectivity index (χ4v) is 1.77. The molecule has 0 aliphatic rings. The van der Waals surface area contributed by atoms with Crippen LogP contribution in [0, 0.1) is 0 Å². The van der Waals surface area contributed by atoms with Crippen LogP contribution in [0.3, 0.4) is 0 Å². The van der Waals surface area contributed by atoms with Gasteiger partial charge in [0.2, 0.25) is 0 Å². The van der Waals surface area contributed by atoms with Crippen LogP contribution in [0.15, 0.2) is 59.6 Å². The molecule has 0 fully saturated rings. The molecule has 0 heterocycles. The number of amidine groups is 1. The molecule has 2 aromatic carbocycles. The van der Waals surface area contributed by atoms with Gasteiger partial charge in [0.1, 0.15) is 5.84 Å². The normalized spacial score (nSPS) is 11.4. The van der Waals surface area contributed by atoms with Crippen LogP contribution in [0.4, 0.5) is 5.69 Å². The van der Waals surface area contributed by atoms with E-state index < -0.39 is 0 Å². The van der Waals surface area contributed by atoms with E-state index in [9.17, 15) is 0 Å². The lowest BCUT2D eigenvalue weighted by Crippen LogP contribution is -2.22. The summed E-state index contributed by atoms with van der Waals surface area (Å²) >= 11 is 5.90. The largest absolute Gasteiger partial charge is 0.362 e.